The Morgan fingerprint density at radius 2 is 2.37 bits per heavy atom. The molecule has 7 heteroatoms. The third-order valence-corrected chi connectivity index (χ3v) is 2.85. The predicted octanol–water partition coefficient (Wildman–Crippen LogP) is 2.04. The summed E-state index contributed by atoms with van der Waals surface area (Å²) in [4.78, 5) is 17.6. The van der Waals surface area contributed by atoms with Crippen molar-refractivity contribution in [2.75, 3.05) is 11.9 Å². The van der Waals surface area contributed by atoms with Gasteiger partial charge in [-0.3, -0.25) is 10.1 Å². The average Bonchev–Trinajstić information content (AvgIpc) is 2.77. The predicted molar refractivity (Wildman–Crippen MR) is 72.2 cm³/mol. The summed E-state index contributed by atoms with van der Waals surface area (Å²) in [6.07, 6.45) is 1.55. The van der Waals surface area contributed by atoms with Crippen molar-refractivity contribution in [2.45, 2.75) is 25.8 Å². The van der Waals surface area contributed by atoms with E-state index in [1.807, 2.05) is 6.92 Å². The fraction of sp³-hybridized carbons (Fsp3) is 0.417. The number of hydrogen-bond acceptors (Lipinski definition) is 5. The second-order valence-electron chi connectivity index (χ2n) is 4.46. The van der Waals surface area contributed by atoms with Crippen LogP contribution >= 0.6 is 0 Å². The van der Waals surface area contributed by atoms with E-state index in [1.54, 1.807) is 6.07 Å². The van der Waals surface area contributed by atoms with Crippen LogP contribution in [0.25, 0.3) is 11.0 Å². The number of nitrogens with zero attached hydrogens (tertiary/aromatic N) is 2. The zero-order chi connectivity index (χ0) is 13.8. The topological polar surface area (TPSA) is 104 Å². The van der Waals surface area contributed by atoms with E-state index in [-0.39, 0.29) is 18.3 Å². The van der Waals surface area contributed by atoms with Crippen molar-refractivity contribution in [3.8, 4) is 0 Å². The minimum absolute atomic E-state index is 0.0380. The van der Waals surface area contributed by atoms with Gasteiger partial charge in [0, 0.05) is 24.8 Å². The summed E-state index contributed by atoms with van der Waals surface area (Å²) in [5, 5.41) is 22.6. The van der Waals surface area contributed by atoms with Crippen molar-refractivity contribution in [2.24, 2.45) is 0 Å². The van der Waals surface area contributed by atoms with Crippen LogP contribution in [0.2, 0.25) is 0 Å². The summed E-state index contributed by atoms with van der Waals surface area (Å²) >= 11 is 0. The van der Waals surface area contributed by atoms with Crippen LogP contribution in [0.15, 0.2) is 18.2 Å². The Kier molecular flexibility index (Phi) is 3.96. The number of nitrogens with one attached hydrogen (secondary N) is 2. The molecule has 0 saturated heterocycles. The number of nitro benzene ring substituents is 1. The summed E-state index contributed by atoms with van der Waals surface area (Å²) < 4.78 is 0. The number of anilines is 1. The Morgan fingerprint density at radius 1 is 1.58 bits per heavy atom. The maximum atomic E-state index is 10.7. The molecule has 2 rings (SSSR count). The van der Waals surface area contributed by atoms with Gasteiger partial charge in [-0.2, -0.15) is 0 Å². The molecule has 3 N–H and O–H groups in total. The van der Waals surface area contributed by atoms with Gasteiger partial charge in [-0.15, -0.1) is 0 Å². The van der Waals surface area contributed by atoms with Crippen LogP contribution in [-0.2, 0) is 0 Å². The van der Waals surface area contributed by atoms with Gasteiger partial charge in [-0.1, -0.05) is 0 Å². The highest BCUT2D eigenvalue weighted by molar-refractivity contribution is 5.79. The van der Waals surface area contributed by atoms with Crippen molar-refractivity contribution >= 4 is 22.7 Å². The average molecular weight is 264 g/mol. The molecule has 7 nitrogen and oxygen atoms in total. The number of benzene rings is 1. The van der Waals surface area contributed by atoms with Gasteiger partial charge in [0.25, 0.3) is 5.69 Å². The molecular formula is C12H16N4O3. The molecule has 1 aromatic heterocycles. The number of aromatic nitrogens is 2. The first-order valence-electron chi connectivity index (χ1n) is 6.11. The summed E-state index contributed by atoms with van der Waals surface area (Å²) in [5.74, 6) is 0.584. The van der Waals surface area contributed by atoms with Crippen molar-refractivity contribution in [1.82, 2.24) is 9.97 Å². The molecule has 1 heterocycles. The highest BCUT2D eigenvalue weighted by Crippen LogP contribution is 2.20. The maximum Gasteiger partial charge on any atom is 0.271 e. The molecule has 0 radical (unpaired) electrons. The van der Waals surface area contributed by atoms with E-state index >= 15 is 0 Å². The monoisotopic (exact) mass is 264 g/mol. The molecule has 0 aliphatic carbocycles. The number of non-ortho nitro benzene ring substituents is 1. The number of hydrogen-bond donors (Lipinski definition) is 3. The highest BCUT2D eigenvalue weighted by Gasteiger charge is 2.10. The lowest BCUT2D eigenvalue weighted by Gasteiger charge is -2.11. The third kappa shape index (κ3) is 3.19. The molecular weight excluding hydrogens is 248 g/mol. The zero-order valence-electron chi connectivity index (χ0n) is 10.6. The van der Waals surface area contributed by atoms with Crippen LogP contribution in [0, 0.1) is 10.1 Å². The number of aromatic amines is 1. The number of fused-ring (bicyclic) bond motifs is 1. The molecule has 0 spiro atoms. The fourth-order valence-electron chi connectivity index (χ4n) is 1.88. The third-order valence-electron chi connectivity index (χ3n) is 2.85. The SMILES string of the molecule is CC(CCCO)Nc1nc2ccc([N+](=O)[O-])cc2[nH]1. The largest absolute Gasteiger partial charge is 0.396 e. The van der Waals surface area contributed by atoms with E-state index in [4.69, 9.17) is 5.11 Å². The molecule has 1 unspecified atom stereocenters. The smallest absolute Gasteiger partial charge is 0.271 e. The molecule has 0 aliphatic heterocycles. The number of nitro groups is 1. The maximum absolute atomic E-state index is 10.7. The zero-order valence-corrected chi connectivity index (χ0v) is 10.6. The second-order valence-corrected chi connectivity index (χ2v) is 4.46. The number of rotatable bonds is 6. The first kappa shape index (κ1) is 13.3. The molecule has 1 atom stereocenters. The summed E-state index contributed by atoms with van der Waals surface area (Å²) in [5.41, 5.74) is 1.35. The van der Waals surface area contributed by atoms with Gasteiger partial charge in [0.15, 0.2) is 0 Å². The van der Waals surface area contributed by atoms with Crippen molar-refractivity contribution in [3.63, 3.8) is 0 Å². The second kappa shape index (κ2) is 5.66. The summed E-state index contributed by atoms with van der Waals surface area (Å²) in [6.45, 7) is 2.16. The van der Waals surface area contributed by atoms with E-state index < -0.39 is 4.92 Å². The summed E-state index contributed by atoms with van der Waals surface area (Å²) in [6, 6.07) is 4.68. The quantitative estimate of drug-likeness (QED) is 0.547. The minimum Gasteiger partial charge on any atom is -0.396 e. The van der Waals surface area contributed by atoms with Gasteiger partial charge in [-0.25, -0.2) is 4.98 Å². The Hall–Kier alpha value is -2.15. The first-order valence-corrected chi connectivity index (χ1v) is 6.11. The fourth-order valence-corrected chi connectivity index (χ4v) is 1.88. The van der Waals surface area contributed by atoms with Gasteiger partial charge < -0.3 is 15.4 Å². The molecule has 2 aromatic rings. The van der Waals surface area contributed by atoms with Crippen LogP contribution in [0.4, 0.5) is 11.6 Å². The molecule has 0 bridgehead atoms. The molecule has 0 aliphatic rings. The van der Waals surface area contributed by atoms with Crippen LogP contribution in [0.3, 0.4) is 0 Å². The van der Waals surface area contributed by atoms with E-state index in [0.717, 1.165) is 12.8 Å². The normalized spacial score (nSPS) is 12.5. The summed E-state index contributed by atoms with van der Waals surface area (Å²) in [7, 11) is 0. The molecule has 1 aromatic carbocycles. The van der Waals surface area contributed by atoms with Crippen LogP contribution in [0.5, 0.6) is 0 Å². The molecule has 0 saturated carbocycles. The van der Waals surface area contributed by atoms with Crippen LogP contribution in [-0.4, -0.2) is 32.6 Å². The van der Waals surface area contributed by atoms with E-state index in [0.29, 0.717) is 17.0 Å². The lowest BCUT2D eigenvalue weighted by Crippen LogP contribution is -2.16. The molecule has 102 valence electrons. The van der Waals surface area contributed by atoms with E-state index in [2.05, 4.69) is 15.3 Å². The van der Waals surface area contributed by atoms with Crippen molar-refractivity contribution in [3.05, 3.63) is 28.3 Å². The van der Waals surface area contributed by atoms with Crippen LogP contribution < -0.4 is 5.32 Å². The number of imidazole rings is 1. The lowest BCUT2D eigenvalue weighted by atomic mass is 10.2. The van der Waals surface area contributed by atoms with Gasteiger partial charge >= 0.3 is 0 Å². The van der Waals surface area contributed by atoms with Crippen molar-refractivity contribution in [1.29, 1.82) is 0 Å². The Balaban J connectivity index is 2.15. The van der Waals surface area contributed by atoms with Gasteiger partial charge in [-0.05, 0) is 25.8 Å². The number of aliphatic hydroxyl groups excluding tert-OH is 1. The number of H-pyrrole nitrogens is 1. The Bertz CT molecular complexity index is 581. The first-order chi connectivity index (χ1) is 9.10. The standard InChI is InChI=1S/C12H16N4O3/c1-8(3-2-6-17)13-12-14-10-5-4-9(16(18)19)7-11(10)15-12/h4-5,7-8,17H,2-3,6H2,1H3,(H2,13,14,15). The van der Waals surface area contributed by atoms with Gasteiger partial charge in [0.05, 0.1) is 16.0 Å². The van der Waals surface area contributed by atoms with Crippen molar-refractivity contribution < 1.29 is 10.0 Å². The highest BCUT2D eigenvalue weighted by atomic mass is 16.6. The Morgan fingerprint density at radius 3 is 3.05 bits per heavy atom. The van der Waals surface area contributed by atoms with E-state index in [9.17, 15) is 10.1 Å². The number of aliphatic hydroxyl groups is 1. The lowest BCUT2D eigenvalue weighted by molar-refractivity contribution is -0.384. The van der Waals surface area contributed by atoms with Crippen LogP contribution in [0.1, 0.15) is 19.8 Å². The molecule has 0 amide bonds. The molecule has 19 heavy (non-hydrogen) atoms. The van der Waals surface area contributed by atoms with E-state index in [1.165, 1.54) is 12.1 Å². The minimum atomic E-state index is -0.433. The Labute approximate surface area is 109 Å². The van der Waals surface area contributed by atoms with Gasteiger partial charge in [0.2, 0.25) is 5.95 Å². The van der Waals surface area contributed by atoms with Gasteiger partial charge in [0.1, 0.15) is 0 Å². The molecule has 0 fully saturated rings.